The van der Waals surface area contributed by atoms with Crippen LogP contribution in [0.1, 0.15) is 5.56 Å². The second-order valence-corrected chi connectivity index (χ2v) is 6.02. The van der Waals surface area contributed by atoms with Crippen molar-refractivity contribution in [3.05, 3.63) is 64.1 Å². The molecule has 0 unspecified atom stereocenters. The van der Waals surface area contributed by atoms with E-state index >= 15 is 0 Å². The van der Waals surface area contributed by atoms with Gasteiger partial charge in [-0.25, -0.2) is 0 Å². The Bertz CT molecular complexity index is 746. The molecule has 21 heavy (non-hydrogen) atoms. The smallest absolute Gasteiger partial charge is 0.188 e. The first kappa shape index (κ1) is 14.4. The van der Waals surface area contributed by atoms with Crippen LogP contribution in [-0.2, 0) is 5.75 Å². The molecule has 2 aromatic carbocycles. The highest BCUT2D eigenvalue weighted by atomic mass is 35.5. The maximum atomic E-state index is 6.16. The summed E-state index contributed by atoms with van der Waals surface area (Å²) in [6.07, 6.45) is 0. The van der Waals surface area contributed by atoms with Gasteiger partial charge in [-0.05, 0) is 46.3 Å². The summed E-state index contributed by atoms with van der Waals surface area (Å²) < 4.78 is 1.70. The lowest BCUT2D eigenvalue weighted by molar-refractivity contribution is 0.756. The van der Waals surface area contributed by atoms with Gasteiger partial charge in [0.2, 0.25) is 5.16 Å². The molecule has 0 atom stereocenters. The molecule has 3 aromatic rings. The molecule has 1 aromatic heterocycles. The predicted molar refractivity (Wildman–Crippen MR) is 85.2 cm³/mol. The van der Waals surface area contributed by atoms with E-state index in [0.29, 0.717) is 21.0 Å². The van der Waals surface area contributed by atoms with Gasteiger partial charge in [0.05, 0.1) is 5.69 Å². The Hall–Kier alpha value is -1.56. The van der Waals surface area contributed by atoms with Crippen LogP contribution in [0.3, 0.4) is 0 Å². The molecular weight excluding hydrogens is 327 g/mol. The fourth-order valence-corrected chi connectivity index (χ4v) is 3.14. The first-order valence-electron chi connectivity index (χ1n) is 6.14. The topological polar surface area (TPSA) is 43.6 Å². The number of halogens is 2. The van der Waals surface area contributed by atoms with E-state index < -0.39 is 0 Å². The Labute approximate surface area is 136 Å². The summed E-state index contributed by atoms with van der Waals surface area (Å²) in [6.45, 7) is 0. The number of hydrogen-bond donors (Lipinski definition) is 0. The number of tetrazole rings is 1. The molecule has 106 valence electrons. The monoisotopic (exact) mass is 336 g/mol. The van der Waals surface area contributed by atoms with Crippen molar-refractivity contribution in [3.63, 3.8) is 0 Å². The molecule has 0 amide bonds. The second-order valence-electron chi connectivity index (χ2n) is 4.23. The molecule has 1 heterocycles. The second kappa shape index (κ2) is 6.47. The van der Waals surface area contributed by atoms with Crippen LogP contribution in [0, 0.1) is 0 Å². The number of nitrogens with zero attached hydrogens (tertiary/aromatic N) is 4. The lowest BCUT2D eigenvalue weighted by Gasteiger charge is -2.06. The van der Waals surface area contributed by atoms with E-state index in [9.17, 15) is 0 Å². The molecule has 0 spiro atoms. The number of para-hydroxylation sites is 1. The molecule has 0 fully saturated rings. The summed E-state index contributed by atoms with van der Waals surface area (Å²) >= 11 is 13.7. The number of benzene rings is 2. The summed E-state index contributed by atoms with van der Waals surface area (Å²) in [5, 5.41) is 13.9. The summed E-state index contributed by atoms with van der Waals surface area (Å²) in [5.74, 6) is 0.645. The fraction of sp³-hybridized carbons (Fsp3) is 0.0714. The van der Waals surface area contributed by atoms with Gasteiger partial charge in [-0.15, -0.1) is 5.10 Å². The van der Waals surface area contributed by atoms with Gasteiger partial charge in [0, 0.05) is 15.8 Å². The van der Waals surface area contributed by atoms with E-state index in [2.05, 4.69) is 15.5 Å². The SMILES string of the molecule is Clc1ccc(Cl)c(CSc2nnnn2-c2ccccc2)c1. The van der Waals surface area contributed by atoms with Gasteiger partial charge in [-0.2, -0.15) is 4.68 Å². The number of thioether (sulfide) groups is 1. The minimum Gasteiger partial charge on any atom is -0.188 e. The largest absolute Gasteiger partial charge is 0.214 e. The Kier molecular flexibility index (Phi) is 4.43. The zero-order valence-corrected chi connectivity index (χ0v) is 13.1. The first-order chi connectivity index (χ1) is 10.2. The Balaban J connectivity index is 1.81. The third kappa shape index (κ3) is 3.37. The van der Waals surface area contributed by atoms with Crippen LogP contribution in [0.15, 0.2) is 53.7 Å². The van der Waals surface area contributed by atoms with Gasteiger partial charge in [0.1, 0.15) is 0 Å². The molecule has 0 N–H and O–H groups in total. The van der Waals surface area contributed by atoms with Crippen molar-refractivity contribution in [2.45, 2.75) is 10.9 Å². The number of aromatic nitrogens is 4. The third-order valence-corrected chi connectivity index (χ3v) is 4.38. The molecule has 0 radical (unpaired) electrons. The minimum atomic E-state index is 0.645. The van der Waals surface area contributed by atoms with Crippen LogP contribution < -0.4 is 0 Å². The quantitative estimate of drug-likeness (QED) is 0.667. The summed E-state index contributed by atoms with van der Waals surface area (Å²) in [4.78, 5) is 0. The zero-order chi connectivity index (χ0) is 14.7. The average Bonchev–Trinajstić information content (AvgIpc) is 2.97. The molecule has 0 bridgehead atoms. The summed E-state index contributed by atoms with van der Waals surface area (Å²) in [6, 6.07) is 15.2. The lowest BCUT2D eigenvalue weighted by Crippen LogP contribution is -1.98. The Morgan fingerprint density at radius 3 is 2.67 bits per heavy atom. The normalized spacial score (nSPS) is 10.8. The molecule has 3 rings (SSSR count). The van der Waals surface area contributed by atoms with Crippen molar-refractivity contribution < 1.29 is 0 Å². The van der Waals surface area contributed by atoms with Crippen molar-refractivity contribution in [2.75, 3.05) is 0 Å². The van der Waals surface area contributed by atoms with E-state index in [-0.39, 0.29) is 0 Å². The van der Waals surface area contributed by atoms with Gasteiger partial charge in [-0.3, -0.25) is 0 Å². The molecule has 7 heteroatoms. The van der Waals surface area contributed by atoms with Crippen molar-refractivity contribution in [1.29, 1.82) is 0 Å². The molecular formula is C14H10Cl2N4S. The van der Waals surface area contributed by atoms with E-state index in [1.807, 2.05) is 36.4 Å². The lowest BCUT2D eigenvalue weighted by atomic mass is 10.2. The van der Waals surface area contributed by atoms with E-state index in [0.717, 1.165) is 11.3 Å². The highest BCUT2D eigenvalue weighted by molar-refractivity contribution is 7.98. The van der Waals surface area contributed by atoms with Crippen LogP contribution in [0.25, 0.3) is 5.69 Å². The van der Waals surface area contributed by atoms with Gasteiger partial charge in [0.15, 0.2) is 0 Å². The highest BCUT2D eigenvalue weighted by Gasteiger charge is 2.10. The van der Waals surface area contributed by atoms with Crippen molar-refractivity contribution >= 4 is 35.0 Å². The maximum absolute atomic E-state index is 6.16. The summed E-state index contributed by atoms with van der Waals surface area (Å²) in [5.41, 5.74) is 1.87. The molecule has 0 aliphatic rings. The summed E-state index contributed by atoms with van der Waals surface area (Å²) in [7, 11) is 0. The average molecular weight is 337 g/mol. The third-order valence-electron chi connectivity index (χ3n) is 2.81. The van der Waals surface area contributed by atoms with Crippen LogP contribution >= 0.6 is 35.0 Å². The first-order valence-corrected chi connectivity index (χ1v) is 7.89. The highest BCUT2D eigenvalue weighted by Crippen LogP contribution is 2.28. The van der Waals surface area contributed by atoms with E-state index in [4.69, 9.17) is 23.2 Å². The Morgan fingerprint density at radius 1 is 1.05 bits per heavy atom. The van der Waals surface area contributed by atoms with Crippen LogP contribution in [-0.4, -0.2) is 20.2 Å². The molecule has 4 nitrogen and oxygen atoms in total. The predicted octanol–water partition coefficient (Wildman–Crippen LogP) is 4.26. The molecule has 0 saturated carbocycles. The number of rotatable bonds is 4. The van der Waals surface area contributed by atoms with Gasteiger partial charge < -0.3 is 0 Å². The van der Waals surface area contributed by atoms with Crippen molar-refractivity contribution in [2.24, 2.45) is 0 Å². The standard InChI is InChI=1S/C14H10Cl2N4S/c15-11-6-7-13(16)10(8-11)9-21-14-17-18-19-20(14)12-4-2-1-3-5-12/h1-8H,9H2. The minimum absolute atomic E-state index is 0.645. The molecule has 0 aliphatic carbocycles. The molecule has 0 aliphatic heterocycles. The fourth-order valence-electron chi connectivity index (χ4n) is 1.80. The number of hydrogen-bond acceptors (Lipinski definition) is 4. The maximum Gasteiger partial charge on any atom is 0.214 e. The van der Waals surface area contributed by atoms with Gasteiger partial charge in [0.25, 0.3) is 0 Å². The van der Waals surface area contributed by atoms with Crippen LogP contribution in [0.4, 0.5) is 0 Å². The van der Waals surface area contributed by atoms with Crippen molar-refractivity contribution in [3.8, 4) is 5.69 Å². The van der Waals surface area contributed by atoms with E-state index in [1.54, 1.807) is 16.8 Å². The molecule has 0 saturated heterocycles. The van der Waals surface area contributed by atoms with Gasteiger partial charge in [-0.1, -0.05) is 53.2 Å². The van der Waals surface area contributed by atoms with Gasteiger partial charge >= 0.3 is 0 Å². The van der Waals surface area contributed by atoms with E-state index in [1.165, 1.54) is 11.8 Å². The Morgan fingerprint density at radius 2 is 1.86 bits per heavy atom. The van der Waals surface area contributed by atoms with Crippen LogP contribution in [0.2, 0.25) is 10.0 Å². The van der Waals surface area contributed by atoms with Crippen LogP contribution in [0.5, 0.6) is 0 Å². The van der Waals surface area contributed by atoms with Crippen molar-refractivity contribution in [1.82, 2.24) is 20.2 Å². The zero-order valence-electron chi connectivity index (χ0n) is 10.8.